The van der Waals surface area contributed by atoms with Crippen LogP contribution in [0.5, 0.6) is 0 Å². The fraction of sp³-hybridized carbons (Fsp3) is 0. The lowest BCUT2D eigenvalue weighted by molar-refractivity contribution is 0.669. The van der Waals surface area contributed by atoms with Crippen molar-refractivity contribution < 1.29 is 4.42 Å². The summed E-state index contributed by atoms with van der Waals surface area (Å²) in [5.41, 5.74) is 10.9. The molecule has 3 nitrogen and oxygen atoms in total. The van der Waals surface area contributed by atoms with Gasteiger partial charge in [0.05, 0.1) is 11.0 Å². The van der Waals surface area contributed by atoms with Crippen LogP contribution >= 0.6 is 0 Å². The number of nitrogens with zero attached hydrogens (tertiary/aromatic N) is 2. The first-order valence-corrected chi connectivity index (χ1v) is 16.7. The Balaban J connectivity index is 1.25. The third-order valence-corrected chi connectivity index (χ3v) is 9.72. The Morgan fingerprint density at radius 3 is 1.86 bits per heavy atom. The molecule has 0 spiro atoms. The van der Waals surface area contributed by atoms with Gasteiger partial charge in [-0.1, -0.05) is 109 Å². The minimum atomic E-state index is 0.884. The van der Waals surface area contributed by atoms with E-state index in [0.717, 1.165) is 50.2 Å². The fourth-order valence-corrected chi connectivity index (χ4v) is 7.44. The molecule has 0 N–H and O–H groups in total. The quantitative estimate of drug-likeness (QED) is 0.190. The predicted octanol–water partition coefficient (Wildman–Crippen LogP) is 13.0. The van der Waals surface area contributed by atoms with E-state index in [-0.39, 0.29) is 0 Å². The summed E-state index contributed by atoms with van der Waals surface area (Å²) in [6, 6.07) is 65.1. The minimum absolute atomic E-state index is 0.884. The van der Waals surface area contributed by atoms with Crippen LogP contribution in [0.25, 0.3) is 71.3 Å². The van der Waals surface area contributed by atoms with Crippen LogP contribution in [0.4, 0.5) is 17.1 Å². The van der Waals surface area contributed by atoms with Gasteiger partial charge in [0, 0.05) is 44.3 Å². The number of anilines is 3. The Morgan fingerprint density at radius 1 is 0.367 bits per heavy atom. The molecule has 0 aliphatic rings. The van der Waals surface area contributed by atoms with Crippen molar-refractivity contribution in [2.45, 2.75) is 0 Å². The van der Waals surface area contributed by atoms with Gasteiger partial charge >= 0.3 is 0 Å². The Kier molecular flexibility index (Phi) is 6.18. The average Bonchev–Trinajstić information content (AvgIpc) is 3.69. The molecule has 0 radical (unpaired) electrons. The van der Waals surface area contributed by atoms with Crippen LogP contribution in [0.2, 0.25) is 0 Å². The van der Waals surface area contributed by atoms with Gasteiger partial charge in [-0.25, -0.2) is 0 Å². The van der Waals surface area contributed by atoms with Gasteiger partial charge in [0.1, 0.15) is 11.2 Å². The van der Waals surface area contributed by atoms with Gasteiger partial charge in [-0.05, 0) is 94.7 Å². The van der Waals surface area contributed by atoms with E-state index in [2.05, 4.69) is 179 Å². The topological polar surface area (TPSA) is 21.3 Å². The van der Waals surface area contributed by atoms with E-state index in [1.165, 1.54) is 38.2 Å². The van der Waals surface area contributed by atoms with Gasteiger partial charge in [-0.3, -0.25) is 0 Å². The summed E-state index contributed by atoms with van der Waals surface area (Å²) in [7, 11) is 0. The third kappa shape index (κ3) is 4.51. The summed E-state index contributed by atoms with van der Waals surface area (Å²) in [5.74, 6) is 0. The lowest BCUT2D eigenvalue weighted by Gasteiger charge is -2.26. The Morgan fingerprint density at radius 2 is 1.00 bits per heavy atom. The van der Waals surface area contributed by atoms with Crippen molar-refractivity contribution in [3.8, 4) is 16.8 Å². The number of para-hydroxylation sites is 2. The molecule has 2 aromatic heterocycles. The molecule has 0 amide bonds. The molecule has 49 heavy (non-hydrogen) atoms. The van der Waals surface area contributed by atoms with Crippen molar-refractivity contribution in [1.29, 1.82) is 0 Å². The maximum atomic E-state index is 6.24. The predicted molar refractivity (Wildman–Crippen MR) is 206 cm³/mol. The summed E-state index contributed by atoms with van der Waals surface area (Å²) in [6.45, 7) is 0. The standard InChI is InChI=1S/C46H30N2O/c1-3-12-31(13-4-1)32-16-11-19-36(26-32)47(37-23-25-46-42(29-37)40-20-9-10-21-45(40)49-46)38-22-24-39-41-27-33-14-7-8-15-34(33)28-43(41)48(44(39)30-38)35-17-5-2-6-18-35/h1-30H. The lowest BCUT2D eigenvalue weighted by Crippen LogP contribution is -2.10. The highest BCUT2D eigenvalue weighted by Gasteiger charge is 2.20. The zero-order valence-electron chi connectivity index (χ0n) is 26.6. The fourth-order valence-electron chi connectivity index (χ4n) is 7.44. The monoisotopic (exact) mass is 626 g/mol. The molecular weight excluding hydrogens is 597 g/mol. The van der Waals surface area contributed by atoms with Crippen molar-refractivity contribution >= 4 is 71.6 Å². The van der Waals surface area contributed by atoms with Gasteiger partial charge in [-0.2, -0.15) is 0 Å². The van der Waals surface area contributed by atoms with Crippen molar-refractivity contribution in [2.24, 2.45) is 0 Å². The first kappa shape index (κ1) is 27.5. The van der Waals surface area contributed by atoms with Crippen molar-refractivity contribution in [2.75, 3.05) is 4.90 Å². The number of rotatable bonds is 5. The van der Waals surface area contributed by atoms with Gasteiger partial charge < -0.3 is 13.9 Å². The number of hydrogen-bond acceptors (Lipinski definition) is 2. The minimum Gasteiger partial charge on any atom is -0.456 e. The molecule has 230 valence electrons. The Bertz CT molecular complexity index is 2830. The first-order chi connectivity index (χ1) is 24.3. The van der Waals surface area contributed by atoms with Gasteiger partial charge in [0.15, 0.2) is 0 Å². The highest BCUT2D eigenvalue weighted by Crippen LogP contribution is 2.43. The SMILES string of the molecule is c1ccc(-c2cccc(N(c3ccc4oc5ccccc5c4c3)c3ccc4c5cc6ccccc6cc5n(-c5ccccc5)c4c3)c2)cc1. The van der Waals surface area contributed by atoms with Crippen molar-refractivity contribution in [3.05, 3.63) is 182 Å². The normalized spacial score (nSPS) is 11.7. The van der Waals surface area contributed by atoms with Gasteiger partial charge in [-0.15, -0.1) is 0 Å². The number of furan rings is 1. The Hall–Kier alpha value is -6.58. The second-order valence-corrected chi connectivity index (χ2v) is 12.6. The molecule has 0 unspecified atom stereocenters. The molecule has 3 heteroatoms. The van der Waals surface area contributed by atoms with Crippen LogP contribution < -0.4 is 4.90 Å². The van der Waals surface area contributed by atoms with Crippen molar-refractivity contribution in [3.63, 3.8) is 0 Å². The molecule has 8 aromatic carbocycles. The summed E-state index contributed by atoms with van der Waals surface area (Å²) in [5, 5.41) is 7.16. The molecule has 10 aromatic rings. The molecule has 0 atom stereocenters. The maximum absolute atomic E-state index is 6.24. The molecular formula is C46H30N2O. The zero-order chi connectivity index (χ0) is 32.3. The van der Waals surface area contributed by atoms with Crippen LogP contribution in [0.15, 0.2) is 186 Å². The number of hydrogen-bond donors (Lipinski definition) is 0. The van der Waals surface area contributed by atoms with Crippen LogP contribution in [-0.2, 0) is 0 Å². The van der Waals surface area contributed by atoms with Crippen LogP contribution in [0, 0.1) is 0 Å². The van der Waals surface area contributed by atoms with Crippen LogP contribution in [-0.4, -0.2) is 4.57 Å². The highest BCUT2D eigenvalue weighted by molar-refractivity contribution is 6.14. The summed E-state index contributed by atoms with van der Waals surface area (Å²) in [4.78, 5) is 2.37. The smallest absolute Gasteiger partial charge is 0.135 e. The summed E-state index contributed by atoms with van der Waals surface area (Å²) in [6.07, 6.45) is 0. The first-order valence-electron chi connectivity index (χ1n) is 16.7. The van der Waals surface area contributed by atoms with E-state index in [1.54, 1.807) is 0 Å². The van der Waals surface area contributed by atoms with Crippen molar-refractivity contribution in [1.82, 2.24) is 4.57 Å². The van der Waals surface area contributed by atoms with E-state index in [4.69, 9.17) is 4.42 Å². The van der Waals surface area contributed by atoms with Crippen LogP contribution in [0.3, 0.4) is 0 Å². The average molecular weight is 627 g/mol. The highest BCUT2D eigenvalue weighted by atomic mass is 16.3. The van der Waals surface area contributed by atoms with Crippen LogP contribution in [0.1, 0.15) is 0 Å². The molecule has 0 fully saturated rings. The Labute approximate surface area is 283 Å². The largest absolute Gasteiger partial charge is 0.456 e. The molecule has 0 saturated heterocycles. The second kappa shape index (κ2) is 11.0. The zero-order valence-corrected chi connectivity index (χ0v) is 26.6. The van der Waals surface area contributed by atoms with E-state index < -0.39 is 0 Å². The van der Waals surface area contributed by atoms with E-state index in [0.29, 0.717) is 0 Å². The number of benzene rings is 8. The lowest BCUT2D eigenvalue weighted by atomic mass is 10.0. The van der Waals surface area contributed by atoms with E-state index >= 15 is 0 Å². The van der Waals surface area contributed by atoms with E-state index in [1.807, 2.05) is 12.1 Å². The van der Waals surface area contributed by atoms with E-state index in [9.17, 15) is 0 Å². The second-order valence-electron chi connectivity index (χ2n) is 12.6. The van der Waals surface area contributed by atoms with Gasteiger partial charge in [0.25, 0.3) is 0 Å². The molecule has 0 aliphatic carbocycles. The molecule has 0 bridgehead atoms. The summed E-state index contributed by atoms with van der Waals surface area (Å²) >= 11 is 0. The number of aromatic nitrogens is 1. The number of fused-ring (bicyclic) bond motifs is 7. The van der Waals surface area contributed by atoms with Gasteiger partial charge in [0.2, 0.25) is 0 Å². The molecule has 0 saturated carbocycles. The summed E-state index contributed by atoms with van der Waals surface area (Å²) < 4.78 is 8.65. The molecule has 10 rings (SSSR count). The maximum Gasteiger partial charge on any atom is 0.135 e. The molecule has 2 heterocycles. The third-order valence-electron chi connectivity index (χ3n) is 9.72. The molecule has 0 aliphatic heterocycles.